The average Bonchev–Trinajstić information content (AvgIpc) is 2.64. The van der Waals surface area contributed by atoms with Crippen LogP contribution in [-0.2, 0) is 17.2 Å². The molecular formula is C21H26O2S. The van der Waals surface area contributed by atoms with E-state index >= 15 is 0 Å². The first-order valence-electron chi connectivity index (χ1n) is 8.61. The minimum absolute atomic E-state index is 0.584. The molecule has 0 spiro atoms. The second-order valence-electron chi connectivity index (χ2n) is 5.87. The Hall–Kier alpha value is -1.71. The van der Waals surface area contributed by atoms with E-state index in [1.807, 2.05) is 54.6 Å². The van der Waals surface area contributed by atoms with Crippen LogP contribution in [-0.4, -0.2) is 15.4 Å². The Morgan fingerprint density at radius 3 is 2.33 bits per heavy atom. The van der Waals surface area contributed by atoms with Crippen molar-refractivity contribution in [3.05, 3.63) is 77.2 Å². The number of hydrogen-bond donors (Lipinski definition) is 1. The lowest BCUT2D eigenvalue weighted by molar-refractivity contribution is 0.208. The molecule has 2 unspecified atom stereocenters. The molecule has 0 aliphatic rings. The molecule has 0 aromatic heterocycles. The summed E-state index contributed by atoms with van der Waals surface area (Å²) in [5.41, 5.74) is 1.19. The lowest BCUT2D eigenvalue weighted by Gasteiger charge is -2.15. The molecule has 0 saturated heterocycles. The molecule has 24 heavy (non-hydrogen) atoms. The molecule has 0 amide bonds. The third kappa shape index (κ3) is 5.73. The molecule has 0 heterocycles. The average molecular weight is 343 g/mol. The van der Waals surface area contributed by atoms with Gasteiger partial charge in [0.1, 0.15) is 0 Å². The summed E-state index contributed by atoms with van der Waals surface area (Å²) in [6.45, 7) is 2.13. The van der Waals surface area contributed by atoms with Crippen molar-refractivity contribution in [2.24, 2.45) is 0 Å². The summed E-state index contributed by atoms with van der Waals surface area (Å²) in [6.07, 6.45) is 5.64. The van der Waals surface area contributed by atoms with Crippen LogP contribution in [0.5, 0.6) is 0 Å². The number of unbranched alkanes of at least 4 members (excludes halogenated alkanes) is 2. The van der Waals surface area contributed by atoms with Crippen LogP contribution in [0.15, 0.2) is 76.5 Å². The first-order chi connectivity index (χ1) is 11.7. The molecule has 0 fully saturated rings. The maximum atomic E-state index is 12.9. The van der Waals surface area contributed by atoms with Crippen molar-refractivity contribution in [2.45, 2.75) is 50.0 Å². The fraction of sp³-hybridized carbons (Fsp3) is 0.333. The van der Waals surface area contributed by atoms with E-state index in [2.05, 4.69) is 19.1 Å². The van der Waals surface area contributed by atoms with E-state index in [-0.39, 0.29) is 0 Å². The van der Waals surface area contributed by atoms with E-state index in [9.17, 15) is 9.32 Å². The SMILES string of the molecule is CCCC/C=C(\C(O)CCc1ccccc1)S(=O)c1ccccc1. The second kappa shape index (κ2) is 10.2. The Kier molecular flexibility index (Phi) is 7.93. The molecule has 2 atom stereocenters. The minimum Gasteiger partial charge on any atom is -0.388 e. The summed E-state index contributed by atoms with van der Waals surface area (Å²) in [4.78, 5) is 1.39. The summed E-state index contributed by atoms with van der Waals surface area (Å²) >= 11 is 0. The number of allylic oxidation sites excluding steroid dienone is 1. The molecule has 2 nitrogen and oxygen atoms in total. The van der Waals surface area contributed by atoms with Gasteiger partial charge >= 0.3 is 0 Å². The zero-order chi connectivity index (χ0) is 17.2. The topological polar surface area (TPSA) is 37.3 Å². The number of hydrogen-bond acceptors (Lipinski definition) is 2. The molecule has 2 aromatic rings. The van der Waals surface area contributed by atoms with Crippen LogP contribution < -0.4 is 0 Å². The molecule has 128 valence electrons. The molecule has 3 heteroatoms. The van der Waals surface area contributed by atoms with Crippen LogP contribution in [0.1, 0.15) is 38.2 Å². The quantitative estimate of drug-likeness (QED) is 0.661. The Morgan fingerprint density at radius 1 is 1.08 bits per heavy atom. The summed E-state index contributed by atoms with van der Waals surface area (Å²) in [7, 11) is -1.30. The first-order valence-corrected chi connectivity index (χ1v) is 9.76. The number of aliphatic hydroxyl groups is 1. The highest BCUT2D eigenvalue weighted by Gasteiger charge is 2.18. The van der Waals surface area contributed by atoms with E-state index in [0.717, 1.165) is 30.6 Å². The molecule has 0 bridgehead atoms. The second-order valence-corrected chi connectivity index (χ2v) is 7.35. The van der Waals surface area contributed by atoms with Gasteiger partial charge in [-0.3, -0.25) is 0 Å². The third-order valence-electron chi connectivity index (χ3n) is 3.95. The van der Waals surface area contributed by atoms with Gasteiger partial charge in [-0.1, -0.05) is 74.4 Å². The van der Waals surface area contributed by atoms with Gasteiger partial charge in [-0.15, -0.1) is 0 Å². The van der Waals surface area contributed by atoms with Crippen molar-refractivity contribution in [3.8, 4) is 0 Å². The maximum Gasteiger partial charge on any atom is 0.0877 e. The Balaban J connectivity index is 2.10. The third-order valence-corrected chi connectivity index (χ3v) is 5.52. The van der Waals surface area contributed by atoms with Gasteiger partial charge in [-0.2, -0.15) is 0 Å². The van der Waals surface area contributed by atoms with E-state index in [1.165, 1.54) is 5.56 Å². The van der Waals surface area contributed by atoms with Gasteiger partial charge in [0.05, 0.1) is 16.9 Å². The molecule has 2 rings (SSSR count). The standard InChI is InChI=1S/C21H26O2S/c1-2-3-6-15-21(24(23)19-13-9-5-10-14-19)20(22)17-16-18-11-7-4-8-12-18/h4-5,7-15,20,22H,2-3,6,16-17H2,1H3/b21-15+. The summed E-state index contributed by atoms with van der Waals surface area (Å²) in [5.74, 6) is 0. The largest absolute Gasteiger partial charge is 0.388 e. The van der Waals surface area contributed by atoms with E-state index < -0.39 is 16.9 Å². The van der Waals surface area contributed by atoms with Crippen molar-refractivity contribution in [1.29, 1.82) is 0 Å². The maximum absolute atomic E-state index is 12.9. The van der Waals surface area contributed by atoms with Crippen LogP contribution in [0, 0.1) is 0 Å². The van der Waals surface area contributed by atoms with E-state index in [4.69, 9.17) is 0 Å². The molecule has 2 aromatic carbocycles. The van der Waals surface area contributed by atoms with Gasteiger partial charge in [0.2, 0.25) is 0 Å². The fourth-order valence-corrected chi connectivity index (χ4v) is 3.86. The molecule has 0 aliphatic heterocycles. The molecule has 0 saturated carbocycles. The van der Waals surface area contributed by atoms with E-state index in [0.29, 0.717) is 11.3 Å². The number of aliphatic hydroxyl groups excluding tert-OH is 1. The summed E-state index contributed by atoms with van der Waals surface area (Å²) in [6, 6.07) is 19.5. The summed E-state index contributed by atoms with van der Waals surface area (Å²) in [5, 5.41) is 10.6. The Bertz CT molecular complexity index is 650. The first kappa shape index (κ1) is 18.6. The van der Waals surface area contributed by atoms with Crippen molar-refractivity contribution in [2.75, 3.05) is 0 Å². The minimum atomic E-state index is -1.30. The van der Waals surface area contributed by atoms with Gasteiger partial charge in [-0.25, -0.2) is 4.21 Å². The highest BCUT2D eigenvalue weighted by Crippen LogP contribution is 2.21. The molecule has 0 aliphatic carbocycles. The normalized spacial score (nSPS) is 14.3. The summed E-state index contributed by atoms with van der Waals surface area (Å²) < 4.78 is 12.9. The predicted molar refractivity (Wildman–Crippen MR) is 101 cm³/mol. The smallest absolute Gasteiger partial charge is 0.0877 e. The predicted octanol–water partition coefficient (Wildman–Crippen LogP) is 4.86. The van der Waals surface area contributed by atoms with Gasteiger partial charge in [-0.05, 0) is 37.0 Å². The Labute approximate surface area is 147 Å². The number of aryl methyl sites for hydroxylation is 1. The van der Waals surface area contributed by atoms with Crippen LogP contribution >= 0.6 is 0 Å². The zero-order valence-electron chi connectivity index (χ0n) is 14.2. The van der Waals surface area contributed by atoms with Crippen molar-refractivity contribution in [3.63, 3.8) is 0 Å². The van der Waals surface area contributed by atoms with Crippen LogP contribution in [0.2, 0.25) is 0 Å². The van der Waals surface area contributed by atoms with Gasteiger partial charge in [0.15, 0.2) is 0 Å². The zero-order valence-corrected chi connectivity index (χ0v) is 15.0. The Morgan fingerprint density at radius 2 is 1.71 bits per heavy atom. The van der Waals surface area contributed by atoms with Crippen molar-refractivity contribution >= 4 is 10.8 Å². The van der Waals surface area contributed by atoms with Crippen molar-refractivity contribution in [1.82, 2.24) is 0 Å². The van der Waals surface area contributed by atoms with Crippen molar-refractivity contribution < 1.29 is 9.32 Å². The fourth-order valence-electron chi connectivity index (χ4n) is 2.55. The molecular weight excluding hydrogens is 316 g/mol. The number of benzene rings is 2. The molecule has 0 radical (unpaired) electrons. The van der Waals surface area contributed by atoms with Gasteiger partial charge < -0.3 is 5.11 Å². The highest BCUT2D eigenvalue weighted by atomic mass is 32.2. The van der Waals surface area contributed by atoms with E-state index in [1.54, 1.807) is 0 Å². The van der Waals surface area contributed by atoms with Crippen LogP contribution in [0.3, 0.4) is 0 Å². The lowest BCUT2D eigenvalue weighted by atomic mass is 10.1. The lowest BCUT2D eigenvalue weighted by Crippen LogP contribution is -2.16. The van der Waals surface area contributed by atoms with Gasteiger partial charge in [0, 0.05) is 9.80 Å². The molecule has 1 N–H and O–H groups in total. The highest BCUT2D eigenvalue weighted by molar-refractivity contribution is 7.89. The van der Waals surface area contributed by atoms with Crippen LogP contribution in [0.4, 0.5) is 0 Å². The van der Waals surface area contributed by atoms with Crippen LogP contribution in [0.25, 0.3) is 0 Å². The van der Waals surface area contributed by atoms with Gasteiger partial charge in [0.25, 0.3) is 0 Å². The number of rotatable bonds is 9. The monoisotopic (exact) mass is 342 g/mol.